The number of aliphatic imine (C=N–C) groups is 1. The van der Waals surface area contributed by atoms with Crippen molar-refractivity contribution >= 4 is 12.1 Å². The van der Waals surface area contributed by atoms with E-state index in [0.29, 0.717) is 30.5 Å². The Morgan fingerprint density at radius 3 is 2.33 bits per heavy atom. The number of nitrogens with zero attached hydrogens (tertiary/aromatic N) is 1. The van der Waals surface area contributed by atoms with Crippen molar-refractivity contribution in [1.82, 2.24) is 5.32 Å². The molecular formula is C32H36N2O5. The molecule has 0 spiro atoms. The summed E-state index contributed by atoms with van der Waals surface area (Å²) in [6, 6.07) is 20.1. The number of hydrogen-bond donors (Lipinski definition) is 4. The average Bonchev–Trinajstić information content (AvgIpc) is 3.42. The third kappa shape index (κ3) is 6.93. The lowest BCUT2D eigenvalue weighted by Crippen LogP contribution is -2.38. The van der Waals surface area contributed by atoms with Crippen LogP contribution in [0, 0.1) is 0 Å². The molecule has 7 heteroatoms. The number of aromatic hydroxyl groups is 1. The van der Waals surface area contributed by atoms with Gasteiger partial charge in [0.2, 0.25) is 5.91 Å². The van der Waals surface area contributed by atoms with Gasteiger partial charge >= 0.3 is 0 Å². The van der Waals surface area contributed by atoms with Crippen LogP contribution in [0.2, 0.25) is 0 Å². The molecule has 0 aromatic heterocycles. The number of methoxy groups -OCH3 is 1. The van der Waals surface area contributed by atoms with Gasteiger partial charge in [-0.05, 0) is 59.0 Å². The Balaban J connectivity index is 1.47. The van der Waals surface area contributed by atoms with Crippen molar-refractivity contribution in [2.45, 2.75) is 56.9 Å². The van der Waals surface area contributed by atoms with E-state index in [9.17, 15) is 20.1 Å². The smallest absolute Gasteiger partial charge is 0.224 e. The lowest BCUT2D eigenvalue weighted by molar-refractivity contribution is -0.120. The highest BCUT2D eigenvalue weighted by Gasteiger charge is 2.40. The van der Waals surface area contributed by atoms with Crippen LogP contribution < -0.4 is 10.1 Å². The number of carbonyl (C=O) groups excluding carboxylic acids is 1. The molecule has 7 nitrogen and oxygen atoms in total. The minimum atomic E-state index is -1.31. The fourth-order valence-electron chi connectivity index (χ4n) is 4.97. The highest BCUT2D eigenvalue weighted by atomic mass is 16.5. The summed E-state index contributed by atoms with van der Waals surface area (Å²) in [6.07, 6.45) is 7.28. The van der Waals surface area contributed by atoms with Crippen molar-refractivity contribution in [3.63, 3.8) is 0 Å². The van der Waals surface area contributed by atoms with Crippen molar-refractivity contribution in [2.75, 3.05) is 7.11 Å². The van der Waals surface area contributed by atoms with E-state index in [-0.39, 0.29) is 24.7 Å². The molecule has 1 aliphatic heterocycles. The van der Waals surface area contributed by atoms with Crippen LogP contribution in [0.1, 0.15) is 47.6 Å². The Hall–Kier alpha value is -3.94. The first-order valence-electron chi connectivity index (χ1n) is 13.1. The normalized spacial score (nSPS) is 17.6. The lowest BCUT2D eigenvalue weighted by atomic mass is 9.75. The molecule has 0 saturated carbocycles. The SMILES string of the molecule is CCC1(CC(O)(Cc2ccc(CC(=O)NCc3ccc(OC)cc3)cc2)c2ccc(O)c(CO)c2)C=CC=N1. The van der Waals surface area contributed by atoms with E-state index in [1.165, 1.54) is 6.07 Å². The molecule has 0 aliphatic carbocycles. The van der Waals surface area contributed by atoms with Crippen LogP contribution in [-0.4, -0.2) is 40.1 Å². The standard InChI is InChI=1S/C32H36N2O5/c1-3-31(15-4-16-34-31)22-32(38,27-11-14-29(36)26(18-27)21-35)19-24-7-5-23(6-8-24)17-30(37)33-20-25-9-12-28(39-2)13-10-25/h4-16,18,35-36,38H,3,17,19-22H2,1-2H3,(H,33,37). The van der Waals surface area contributed by atoms with Crippen LogP contribution in [0.15, 0.2) is 83.9 Å². The number of hydrogen-bond acceptors (Lipinski definition) is 6. The minimum absolute atomic E-state index is 0.0118. The molecule has 3 aromatic rings. The molecule has 1 aliphatic rings. The van der Waals surface area contributed by atoms with Gasteiger partial charge in [0.1, 0.15) is 11.5 Å². The van der Waals surface area contributed by atoms with Gasteiger partial charge in [-0.25, -0.2) is 0 Å². The molecule has 0 bridgehead atoms. The highest BCUT2D eigenvalue weighted by Crippen LogP contribution is 2.40. The van der Waals surface area contributed by atoms with Crippen molar-refractivity contribution in [3.05, 3.63) is 107 Å². The van der Waals surface area contributed by atoms with Crippen molar-refractivity contribution in [1.29, 1.82) is 0 Å². The van der Waals surface area contributed by atoms with Gasteiger partial charge in [0.05, 0.1) is 31.3 Å². The van der Waals surface area contributed by atoms with E-state index < -0.39 is 11.1 Å². The number of allylic oxidation sites excluding steroid dienone is 1. The Bertz CT molecular complexity index is 1320. The van der Waals surface area contributed by atoms with Gasteiger partial charge in [-0.15, -0.1) is 0 Å². The number of carbonyl (C=O) groups is 1. The van der Waals surface area contributed by atoms with Crippen LogP contribution in [0.25, 0.3) is 0 Å². The van der Waals surface area contributed by atoms with E-state index in [1.54, 1.807) is 25.5 Å². The predicted octanol–water partition coefficient (Wildman–Crippen LogP) is 4.36. The van der Waals surface area contributed by atoms with Crippen LogP contribution in [0.4, 0.5) is 0 Å². The molecule has 4 rings (SSSR count). The van der Waals surface area contributed by atoms with Gasteiger partial charge in [0.15, 0.2) is 0 Å². The van der Waals surface area contributed by atoms with Gasteiger partial charge in [-0.2, -0.15) is 0 Å². The summed E-state index contributed by atoms with van der Waals surface area (Å²) in [4.78, 5) is 17.2. The first kappa shape index (κ1) is 28.1. The summed E-state index contributed by atoms with van der Waals surface area (Å²) in [5.74, 6) is 0.683. The summed E-state index contributed by atoms with van der Waals surface area (Å²) >= 11 is 0. The number of amides is 1. The van der Waals surface area contributed by atoms with Crippen LogP contribution in [0.5, 0.6) is 11.5 Å². The molecule has 1 heterocycles. The first-order chi connectivity index (χ1) is 18.8. The Kier molecular flexibility index (Phi) is 8.84. The number of benzene rings is 3. The molecular weight excluding hydrogens is 492 g/mol. The van der Waals surface area contributed by atoms with Gasteiger partial charge in [-0.1, -0.05) is 55.5 Å². The van der Waals surface area contributed by atoms with Crippen LogP contribution in [0.3, 0.4) is 0 Å². The second-order valence-electron chi connectivity index (χ2n) is 10.1. The second kappa shape index (κ2) is 12.3. The van der Waals surface area contributed by atoms with Gasteiger partial charge in [0, 0.05) is 31.2 Å². The zero-order valence-corrected chi connectivity index (χ0v) is 22.4. The first-order valence-corrected chi connectivity index (χ1v) is 13.1. The molecule has 4 N–H and O–H groups in total. The number of ether oxygens (including phenoxy) is 1. The third-order valence-electron chi connectivity index (χ3n) is 7.36. The zero-order valence-electron chi connectivity index (χ0n) is 22.4. The summed E-state index contributed by atoms with van der Waals surface area (Å²) in [6.45, 7) is 2.15. The molecule has 1 amide bonds. The Labute approximate surface area is 229 Å². The molecule has 0 saturated heterocycles. The topological polar surface area (TPSA) is 111 Å². The molecule has 0 fully saturated rings. The maximum Gasteiger partial charge on any atom is 0.224 e. The monoisotopic (exact) mass is 528 g/mol. The van der Waals surface area contributed by atoms with Gasteiger partial charge in [-0.3, -0.25) is 9.79 Å². The number of phenols is 1. The zero-order chi connectivity index (χ0) is 27.9. The number of nitrogens with one attached hydrogen (secondary N) is 1. The number of aliphatic hydroxyl groups is 2. The fraction of sp³-hybridized carbons (Fsp3) is 0.312. The Morgan fingerprint density at radius 2 is 1.72 bits per heavy atom. The van der Waals surface area contributed by atoms with E-state index in [2.05, 4.69) is 10.3 Å². The molecule has 0 radical (unpaired) electrons. The van der Waals surface area contributed by atoms with Crippen LogP contribution in [-0.2, 0) is 36.4 Å². The van der Waals surface area contributed by atoms with E-state index >= 15 is 0 Å². The lowest BCUT2D eigenvalue weighted by Gasteiger charge is -2.36. The minimum Gasteiger partial charge on any atom is -0.508 e. The number of rotatable bonds is 12. The van der Waals surface area contributed by atoms with Crippen molar-refractivity contribution < 1.29 is 24.9 Å². The third-order valence-corrected chi connectivity index (χ3v) is 7.36. The molecule has 2 unspecified atom stereocenters. The fourth-order valence-corrected chi connectivity index (χ4v) is 4.97. The second-order valence-corrected chi connectivity index (χ2v) is 10.1. The maximum atomic E-state index is 12.5. The quantitative estimate of drug-likeness (QED) is 0.279. The van der Waals surface area contributed by atoms with E-state index in [4.69, 9.17) is 4.74 Å². The molecule has 2 atom stereocenters. The van der Waals surface area contributed by atoms with Gasteiger partial charge in [0.25, 0.3) is 0 Å². The Morgan fingerprint density at radius 1 is 1.03 bits per heavy atom. The summed E-state index contributed by atoms with van der Waals surface area (Å²) in [5, 5.41) is 34.8. The van der Waals surface area contributed by atoms with Crippen molar-refractivity contribution in [3.8, 4) is 11.5 Å². The average molecular weight is 529 g/mol. The number of aliphatic hydroxyl groups excluding tert-OH is 1. The molecule has 39 heavy (non-hydrogen) atoms. The summed E-state index contributed by atoms with van der Waals surface area (Å²) in [5.41, 5.74) is 1.88. The van der Waals surface area contributed by atoms with Crippen LogP contribution >= 0.6 is 0 Å². The highest BCUT2D eigenvalue weighted by molar-refractivity contribution is 5.78. The summed E-state index contributed by atoms with van der Waals surface area (Å²) in [7, 11) is 1.62. The molecule has 204 valence electrons. The summed E-state index contributed by atoms with van der Waals surface area (Å²) < 4.78 is 5.17. The van der Waals surface area contributed by atoms with E-state index in [1.807, 2.05) is 67.6 Å². The largest absolute Gasteiger partial charge is 0.508 e. The van der Waals surface area contributed by atoms with Crippen molar-refractivity contribution in [2.24, 2.45) is 4.99 Å². The van der Waals surface area contributed by atoms with E-state index in [0.717, 1.165) is 28.9 Å². The maximum absolute atomic E-state index is 12.5. The predicted molar refractivity (Wildman–Crippen MR) is 152 cm³/mol. The van der Waals surface area contributed by atoms with Gasteiger partial charge < -0.3 is 25.4 Å². The molecule has 3 aromatic carbocycles.